The molecule has 2 N–H and O–H groups in total. The average molecular weight is 367 g/mol. The summed E-state index contributed by atoms with van der Waals surface area (Å²) >= 11 is 0. The van der Waals surface area contributed by atoms with Gasteiger partial charge in [-0.3, -0.25) is 0 Å². The number of nitrogens with one attached hydrogen (secondary N) is 1. The third-order valence-electron chi connectivity index (χ3n) is 5.87. The van der Waals surface area contributed by atoms with Crippen LogP contribution in [0.15, 0.2) is 66.3 Å². The van der Waals surface area contributed by atoms with Crippen molar-refractivity contribution in [3.63, 3.8) is 0 Å². The average Bonchev–Trinajstić information content (AvgIpc) is 3.11. The molecule has 0 fully saturated rings. The number of hydrogen-bond donors (Lipinski definition) is 2. The van der Waals surface area contributed by atoms with Crippen LogP contribution in [0.25, 0.3) is 22.2 Å². The smallest absolute Gasteiger partial charge is 0.121 e. The number of H-pyrrole nitrogens is 1. The second kappa shape index (κ2) is 7.09. The van der Waals surface area contributed by atoms with E-state index in [1.54, 1.807) is 0 Å². The normalized spacial score (nSPS) is 19.2. The van der Waals surface area contributed by atoms with Gasteiger partial charge >= 0.3 is 0 Å². The highest BCUT2D eigenvalue weighted by Gasteiger charge is 2.29. The standard InChI is InChI=1S/C26H25NO/c1-5-18-13-20(24-14-19-8-6-7-9-23(19)27-24)15-25(28)26(18)22-12-17(4)10-11-21(22)16(2)3/h1,6-9,12-15,21-22,27-28H,2,10-11H2,3-4H3/t21-,22?/m0/s1. The number of fused-ring (bicyclic) bond motifs is 1. The SMILES string of the molecule is C#Cc1cc(-c2cc3ccccc3[nH]2)cc(O)c1C1C=C(C)CC[C@H]1C(=C)C. The van der Waals surface area contributed by atoms with E-state index in [-0.39, 0.29) is 11.7 Å². The minimum Gasteiger partial charge on any atom is -0.508 e. The second-order valence-electron chi connectivity index (χ2n) is 7.90. The molecule has 0 aliphatic heterocycles. The Balaban J connectivity index is 1.85. The lowest BCUT2D eigenvalue weighted by atomic mass is 9.73. The van der Waals surface area contributed by atoms with Gasteiger partial charge in [0.15, 0.2) is 0 Å². The van der Waals surface area contributed by atoms with E-state index in [9.17, 15) is 5.11 Å². The lowest BCUT2D eigenvalue weighted by molar-refractivity contribution is 0.436. The summed E-state index contributed by atoms with van der Waals surface area (Å²) in [6.45, 7) is 8.40. The van der Waals surface area contributed by atoms with E-state index in [1.165, 1.54) is 5.57 Å². The zero-order chi connectivity index (χ0) is 19.8. The Kier molecular flexibility index (Phi) is 4.61. The molecule has 1 aromatic heterocycles. The molecule has 140 valence electrons. The van der Waals surface area contributed by atoms with Crippen molar-refractivity contribution in [2.75, 3.05) is 0 Å². The van der Waals surface area contributed by atoms with E-state index >= 15 is 0 Å². The number of benzene rings is 2. The van der Waals surface area contributed by atoms with E-state index in [0.29, 0.717) is 5.92 Å². The third-order valence-corrected chi connectivity index (χ3v) is 5.87. The molecule has 1 aliphatic carbocycles. The molecule has 4 rings (SSSR count). The van der Waals surface area contributed by atoms with Gasteiger partial charge in [-0.05, 0) is 56.9 Å². The lowest BCUT2D eigenvalue weighted by Gasteiger charge is -2.31. The van der Waals surface area contributed by atoms with Crippen LogP contribution in [0.5, 0.6) is 5.75 Å². The van der Waals surface area contributed by atoms with Gasteiger partial charge in [0.05, 0.1) is 0 Å². The molecule has 0 bridgehead atoms. The third kappa shape index (κ3) is 3.14. The molecule has 1 heterocycles. The number of aromatic amines is 1. The second-order valence-corrected chi connectivity index (χ2v) is 7.90. The maximum absolute atomic E-state index is 11.0. The largest absolute Gasteiger partial charge is 0.508 e. The molecule has 2 atom stereocenters. The molecule has 0 spiro atoms. The summed E-state index contributed by atoms with van der Waals surface area (Å²) in [6.07, 6.45) is 10.2. The van der Waals surface area contributed by atoms with Crippen LogP contribution in [-0.2, 0) is 0 Å². The summed E-state index contributed by atoms with van der Waals surface area (Å²) < 4.78 is 0. The predicted octanol–water partition coefficient (Wildman–Crippen LogP) is 6.54. The number of allylic oxidation sites excluding steroid dienone is 3. The van der Waals surface area contributed by atoms with Crippen molar-refractivity contribution < 1.29 is 5.11 Å². The first-order valence-corrected chi connectivity index (χ1v) is 9.72. The summed E-state index contributed by atoms with van der Waals surface area (Å²) in [4.78, 5) is 3.42. The number of aromatic hydroxyl groups is 1. The Morgan fingerprint density at radius 1 is 1.25 bits per heavy atom. The fourth-order valence-electron chi connectivity index (χ4n) is 4.40. The number of phenols is 1. The number of rotatable bonds is 3. The number of aromatic nitrogens is 1. The first kappa shape index (κ1) is 18.2. The highest BCUT2D eigenvalue weighted by Crippen LogP contribution is 2.45. The van der Waals surface area contributed by atoms with Crippen molar-refractivity contribution in [2.24, 2.45) is 5.92 Å². The summed E-state index contributed by atoms with van der Waals surface area (Å²) in [7, 11) is 0. The van der Waals surface area contributed by atoms with Gasteiger partial charge in [-0.15, -0.1) is 6.42 Å². The van der Waals surface area contributed by atoms with Gasteiger partial charge in [0.2, 0.25) is 0 Å². The van der Waals surface area contributed by atoms with Gasteiger partial charge in [0.1, 0.15) is 5.75 Å². The minimum absolute atomic E-state index is 0.0639. The van der Waals surface area contributed by atoms with Gasteiger partial charge in [-0.2, -0.15) is 0 Å². The molecule has 28 heavy (non-hydrogen) atoms. The fraction of sp³-hybridized carbons (Fsp3) is 0.231. The van der Waals surface area contributed by atoms with Crippen LogP contribution >= 0.6 is 0 Å². The van der Waals surface area contributed by atoms with E-state index in [4.69, 9.17) is 6.42 Å². The Morgan fingerprint density at radius 2 is 2.04 bits per heavy atom. The fourth-order valence-corrected chi connectivity index (χ4v) is 4.40. The molecule has 0 radical (unpaired) electrons. The molecule has 3 aromatic rings. The van der Waals surface area contributed by atoms with Crippen molar-refractivity contribution in [3.8, 4) is 29.4 Å². The Labute approximate surface area is 166 Å². The number of terminal acetylenes is 1. The van der Waals surface area contributed by atoms with Gasteiger partial charge in [-0.1, -0.05) is 47.9 Å². The van der Waals surface area contributed by atoms with Gasteiger partial charge in [-0.25, -0.2) is 0 Å². The summed E-state index contributed by atoms with van der Waals surface area (Å²) in [6, 6.07) is 14.1. The van der Waals surface area contributed by atoms with Gasteiger partial charge in [0, 0.05) is 39.2 Å². The summed E-state index contributed by atoms with van der Waals surface area (Å²) in [5, 5.41) is 12.1. The molecule has 0 saturated heterocycles. The molecule has 2 heteroatoms. The van der Waals surface area contributed by atoms with Crippen molar-refractivity contribution in [2.45, 2.75) is 32.6 Å². The molecule has 0 saturated carbocycles. The summed E-state index contributed by atoms with van der Waals surface area (Å²) in [5.74, 6) is 3.43. The first-order chi connectivity index (χ1) is 13.5. The molecular formula is C26H25NO. The highest BCUT2D eigenvalue weighted by molar-refractivity contribution is 5.86. The van der Waals surface area contributed by atoms with E-state index < -0.39 is 0 Å². The molecule has 2 nitrogen and oxygen atoms in total. The Hall–Kier alpha value is -3.18. The van der Waals surface area contributed by atoms with Crippen molar-refractivity contribution in [1.82, 2.24) is 4.98 Å². The summed E-state index contributed by atoms with van der Waals surface area (Å²) in [5.41, 5.74) is 6.97. The zero-order valence-corrected chi connectivity index (χ0v) is 16.4. The molecule has 2 aromatic carbocycles. The topological polar surface area (TPSA) is 36.0 Å². The number of phenolic OH excluding ortho intramolecular Hbond substituents is 1. The molecular weight excluding hydrogens is 342 g/mol. The van der Waals surface area contributed by atoms with E-state index in [0.717, 1.165) is 51.7 Å². The molecule has 1 aliphatic rings. The zero-order valence-electron chi connectivity index (χ0n) is 16.4. The number of para-hydroxylation sites is 1. The maximum Gasteiger partial charge on any atom is 0.121 e. The monoisotopic (exact) mass is 367 g/mol. The van der Waals surface area contributed by atoms with Gasteiger partial charge < -0.3 is 10.1 Å². The molecule has 0 amide bonds. The lowest BCUT2D eigenvalue weighted by Crippen LogP contribution is -2.18. The minimum atomic E-state index is 0.0639. The van der Waals surface area contributed by atoms with Crippen molar-refractivity contribution in [1.29, 1.82) is 0 Å². The van der Waals surface area contributed by atoms with Crippen LogP contribution in [0, 0.1) is 18.3 Å². The van der Waals surface area contributed by atoms with Crippen LogP contribution in [0.2, 0.25) is 0 Å². The van der Waals surface area contributed by atoms with E-state index in [1.807, 2.05) is 30.3 Å². The van der Waals surface area contributed by atoms with Crippen molar-refractivity contribution in [3.05, 3.63) is 77.4 Å². The first-order valence-electron chi connectivity index (χ1n) is 9.72. The Morgan fingerprint density at radius 3 is 2.75 bits per heavy atom. The van der Waals surface area contributed by atoms with Gasteiger partial charge in [0.25, 0.3) is 0 Å². The quantitative estimate of drug-likeness (QED) is 0.400. The van der Waals surface area contributed by atoms with Crippen LogP contribution in [0.1, 0.15) is 43.7 Å². The highest BCUT2D eigenvalue weighted by atomic mass is 16.3. The van der Waals surface area contributed by atoms with Crippen LogP contribution in [-0.4, -0.2) is 10.1 Å². The van der Waals surface area contributed by atoms with E-state index in [2.05, 4.69) is 49.5 Å². The number of hydrogen-bond acceptors (Lipinski definition) is 1. The van der Waals surface area contributed by atoms with Crippen LogP contribution in [0.3, 0.4) is 0 Å². The Bertz CT molecular complexity index is 1110. The van der Waals surface area contributed by atoms with Crippen molar-refractivity contribution >= 4 is 10.9 Å². The van der Waals surface area contributed by atoms with Crippen LogP contribution in [0.4, 0.5) is 0 Å². The van der Waals surface area contributed by atoms with Crippen LogP contribution < -0.4 is 0 Å². The predicted molar refractivity (Wildman–Crippen MR) is 117 cm³/mol. The maximum atomic E-state index is 11.0. The molecule has 1 unspecified atom stereocenters.